The average Bonchev–Trinajstić information content (AvgIpc) is 2.36. The zero-order chi connectivity index (χ0) is 9.64. The molecule has 0 aromatic carbocycles. The maximum atomic E-state index is 6.15. The molecule has 1 aliphatic heterocycles. The molecule has 13 heavy (non-hydrogen) atoms. The fourth-order valence-electron chi connectivity index (χ4n) is 2.06. The van der Waals surface area contributed by atoms with Crippen LogP contribution in [-0.4, -0.2) is 17.0 Å². The third-order valence-electron chi connectivity index (χ3n) is 2.78. The Hall–Kier alpha value is 0.0200. The Labute approximate surface area is 88.4 Å². The number of ether oxygens (including phenoxy) is 1. The lowest BCUT2D eigenvalue weighted by Crippen LogP contribution is -2.34. The molecule has 0 radical (unpaired) electrons. The van der Waals surface area contributed by atoms with Gasteiger partial charge in [-0.05, 0) is 5.57 Å². The zero-order valence-corrected chi connectivity index (χ0v) is 8.98. The standard InChI is InChI=1S/C10H12Cl2O/c1-6-3-4-7(2)9-8(6)10(11,12)5-13-9/h3-4,7-9H,1,5H2,2H3/t7-,8?,9?/m1/s1. The number of allylic oxidation sites excluding steroid dienone is 1. The maximum Gasteiger partial charge on any atom is 0.150 e. The Kier molecular flexibility index (Phi) is 2.22. The van der Waals surface area contributed by atoms with E-state index >= 15 is 0 Å². The second-order valence-corrected chi connectivity index (χ2v) is 5.35. The largest absolute Gasteiger partial charge is 0.374 e. The summed E-state index contributed by atoms with van der Waals surface area (Å²) >= 11 is 12.3. The van der Waals surface area contributed by atoms with Gasteiger partial charge in [0, 0.05) is 11.8 Å². The summed E-state index contributed by atoms with van der Waals surface area (Å²) in [5, 5.41) is 0. The summed E-state index contributed by atoms with van der Waals surface area (Å²) in [5.74, 6) is 0.422. The third kappa shape index (κ3) is 1.43. The molecule has 0 aromatic heterocycles. The summed E-state index contributed by atoms with van der Waals surface area (Å²) in [7, 11) is 0. The highest BCUT2D eigenvalue weighted by Gasteiger charge is 2.50. The molecular formula is C10H12Cl2O. The van der Waals surface area contributed by atoms with Crippen molar-refractivity contribution in [1.29, 1.82) is 0 Å². The Bertz CT molecular complexity index is 270. The van der Waals surface area contributed by atoms with Gasteiger partial charge in [0.25, 0.3) is 0 Å². The second-order valence-electron chi connectivity index (χ2n) is 3.81. The number of hydrogen-bond donors (Lipinski definition) is 0. The van der Waals surface area contributed by atoms with Gasteiger partial charge in [0.1, 0.15) is 0 Å². The van der Waals surface area contributed by atoms with Crippen molar-refractivity contribution >= 4 is 23.2 Å². The van der Waals surface area contributed by atoms with E-state index in [0.29, 0.717) is 12.5 Å². The van der Waals surface area contributed by atoms with E-state index in [4.69, 9.17) is 27.9 Å². The Morgan fingerprint density at radius 3 is 2.92 bits per heavy atom. The van der Waals surface area contributed by atoms with Gasteiger partial charge in [-0.1, -0.05) is 48.9 Å². The molecule has 0 spiro atoms. The molecule has 0 N–H and O–H groups in total. The monoisotopic (exact) mass is 218 g/mol. The molecule has 3 heteroatoms. The van der Waals surface area contributed by atoms with Crippen LogP contribution < -0.4 is 0 Å². The minimum Gasteiger partial charge on any atom is -0.374 e. The van der Waals surface area contributed by atoms with Crippen LogP contribution in [0.1, 0.15) is 6.92 Å². The smallest absolute Gasteiger partial charge is 0.150 e. The van der Waals surface area contributed by atoms with E-state index < -0.39 is 4.33 Å². The number of halogens is 2. The van der Waals surface area contributed by atoms with Crippen LogP contribution in [0.2, 0.25) is 0 Å². The minimum absolute atomic E-state index is 0.0517. The van der Waals surface area contributed by atoms with Crippen LogP contribution in [0.25, 0.3) is 0 Å². The van der Waals surface area contributed by atoms with Crippen LogP contribution in [0, 0.1) is 11.8 Å². The molecule has 1 aliphatic carbocycles. The highest BCUT2D eigenvalue weighted by molar-refractivity contribution is 6.49. The lowest BCUT2D eigenvalue weighted by atomic mass is 9.81. The molecule has 1 fully saturated rings. The molecule has 0 amide bonds. The van der Waals surface area contributed by atoms with Crippen LogP contribution in [0.4, 0.5) is 0 Å². The number of rotatable bonds is 0. The average molecular weight is 219 g/mol. The third-order valence-corrected chi connectivity index (χ3v) is 3.47. The first-order valence-electron chi connectivity index (χ1n) is 4.39. The molecular weight excluding hydrogens is 207 g/mol. The van der Waals surface area contributed by atoms with Gasteiger partial charge in [0.15, 0.2) is 4.33 Å². The molecule has 2 unspecified atom stereocenters. The highest BCUT2D eigenvalue weighted by atomic mass is 35.5. The van der Waals surface area contributed by atoms with Crippen LogP contribution in [0.3, 0.4) is 0 Å². The first kappa shape index (κ1) is 9.57. The van der Waals surface area contributed by atoms with Crippen molar-refractivity contribution < 1.29 is 4.74 Å². The molecule has 2 aliphatic rings. The maximum absolute atomic E-state index is 6.15. The van der Waals surface area contributed by atoms with Crippen LogP contribution in [0.15, 0.2) is 24.3 Å². The number of hydrogen-bond acceptors (Lipinski definition) is 1. The van der Waals surface area contributed by atoms with Crippen LogP contribution in [0.5, 0.6) is 0 Å². The lowest BCUT2D eigenvalue weighted by Gasteiger charge is -2.31. The summed E-state index contributed by atoms with van der Waals surface area (Å²) in [6, 6.07) is 0. The van der Waals surface area contributed by atoms with Crippen molar-refractivity contribution in [2.45, 2.75) is 17.4 Å². The van der Waals surface area contributed by atoms with E-state index in [0.717, 1.165) is 5.57 Å². The van der Waals surface area contributed by atoms with E-state index in [2.05, 4.69) is 19.6 Å². The first-order valence-corrected chi connectivity index (χ1v) is 5.14. The fraction of sp³-hybridized carbons (Fsp3) is 0.600. The fourth-order valence-corrected chi connectivity index (χ4v) is 2.71. The van der Waals surface area contributed by atoms with Crippen LogP contribution in [-0.2, 0) is 4.74 Å². The van der Waals surface area contributed by atoms with Crippen molar-refractivity contribution in [2.75, 3.05) is 6.61 Å². The van der Waals surface area contributed by atoms with Crippen molar-refractivity contribution in [2.24, 2.45) is 11.8 Å². The Balaban J connectivity index is 2.35. The Morgan fingerprint density at radius 1 is 1.62 bits per heavy atom. The van der Waals surface area contributed by atoms with Crippen molar-refractivity contribution in [3.63, 3.8) is 0 Å². The topological polar surface area (TPSA) is 9.23 Å². The molecule has 72 valence electrons. The molecule has 3 atom stereocenters. The molecule has 0 aromatic rings. The number of alkyl halides is 2. The normalized spacial score (nSPS) is 42.1. The highest BCUT2D eigenvalue weighted by Crippen LogP contribution is 2.48. The molecule has 0 saturated carbocycles. The predicted octanol–water partition coefficient (Wildman–Crippen LogP) is 2.94. The predicted molar refractivity (Wildman–Crippen MR) is 55.1 cm³/mol. The summed E-state index contributed by atoms with van der Waals surface area (Å²) in [6.07, 6.45) is 4.20. The van der Waals surface area contributed by atoms with Gasteiger partial charge < -0.3 is 4.74 Å². The van der Waals surface area contributed by atoms with E-state index in [-0.39, 0.29) is 12.0 Å². The molecule has 1 saturated heterocycles. The van der Waals surface area contributed by atoms with E-state index in [9.17, 15) is 0 Å². The van der Waals surface area contributed by atoms with E-state index in [1.807, 2.05) is 6.08 Å². The van der Waals surface area contributed by atoms with Gasteiger partial charge in [-0.2, -0.15) is 0 Å². The second kappa shape index (κ2) is 3.01. The van der Waals surface area contributed by atoms with Crippen molar-refractivity contribution in [3.8, 4) is 0 Å². The van der Waals surface area contributed by atoms with E-state index in [1.165, 1.54) is 0 Å². The van der Waals surface area contributed by atoms with E-state index in [1.54, 1.807) is 0 Å². The number of fused-ring (bicyclic) bond motifs is 1. The van der Waals surface area contributed by atoms with Crippen LogP contribution >= 0.6 is 23.2 Å². The Morgan fingerprint density at radius 2 is 2.31 bits per heavy atom. The minimum atomic E-state index is -0.791. The zero-order valence-electron chi connectivity index (χ0n) is 7.47. The summed E-state index contributed by atoms with van der Waals surface area (Å²) in [4.78, 5) is 0. The van der Waals surface area contributed by atoms with Gasteiger partial charge in [-0.15, -0.1) is 0 Å². The van der Waals surface area contributed by atoms with Gasteiger partial charge in [-0.3, -0.25) is 0 Å². The SMILES string of the molecule is C=C1C=C[C@@H](C)C2OCC(Cl)(Cl)C12. The lowest BCUT2D eigenvalue weighted by molar-refractivity contribution is 0.0679. The van der Waals surface area contributed by atoms with Gasteiger partial charge in [0.05, 0.1) is 12.7 Å². The molecule has 1 nitrogen and oxygen atoms in total. The van der Waals surface area contributed by atoms with Crippen molar-refractivity contribution in [1.82, 2.24) is 0 Å². The quantitative estimate of drug-likeness (QED) is 0.569. The van der Waals surface area contributed by atoms with Gasteiger partial charge in [-0.25, -0.2) is 0 Å². The molecule has 2 rings (SSSR count). The van der Waals surface area contributed by atoms with Gasteiger partial charge >= 0.3 is 0 Å². The first-order chi connectivity index (χ1) is 6.02. The summed E-state index contributed by atoms with van der Waals surface area (Å²) < 4.78 is 4.79. The summed E-state index contributed by atoms with van der Waals surface area (Å²) in [6.45, 7) is 6.46. The van der Waals surface area contributed by atoms with Gasteiger partial charge in [0.2, 0.25) is 0 Å². The summed E-state index contributed by atoms with van der Waals surface area (Å²) in [5.41, 5.74) is 0.977. The molecule has 1 heterocycles. The van der Waals surface area contributed by atoms with Crippen molar-refractivity contribution in [3.05, 3.63) is 24.3 Å². The molecule has 0 bridgehead atoms.